The predicted octanol–water partition coefficient (Wildman–Crippen LogP) is 17.7. The molecule has 0 aliphatic heterocycles. The van der Waals surface area contributed by atoms with Crippen LogP contribution in [0.4, 0.5) is 0 Å². The van der Waals surface area contributed by atoms with Crippen LogP contribution in [0.3, 0.4) is 0 Å². The van der Waals surface area contributed by atoms with E-state index in [0.29, 0.717) is 11.0 Å². The molecule has 0 amide bonds. The number of unbranched alkanes of at least 4 members (excludes halogenated alkanes) is 23. The summed E-state index contributed by atoms with van der Waals surface area (Å²) in [6.07, 6.45) is 72.4. The first-order chi connectivity index (χ1) is 36.1. The van der Waals surface area contributed by atoms with Crippen molar-refractivity contribution in [3.05, 3.63) is 97.2 Å². The van der Waals surface area contributed by atoms with Crippen molar-refractivity contribution in [1.82, 2.24) is 0 Å². The van der Waals surface area contributed by atoms with E-state index in [4.69, 9.17) is 18.9 Å². The number of esters is 2. The summed E-state index contributed by atoms with van der Waals surface area (Å²) >= 11 is 0. The van der Waals surface area contributed by atoms with Gasteiger partial charge < -0.3 is 28.5 Å². The number of nitrogens with zero attached hydrogens (tertiary/aromatic N) is 1. The number of carboxylic acid groups (broad SMARTS) is 1. The third-order valence-corrected chi connectivity index (χ3v) is 12.6. The van der Waals surface area contributed by atoms with Crippen LogP contribution in [0.1, 0.15) is 239 Å². The average Bonchev–Trinajstić information content (AvgIpc) is 3.37. The number of ether oxygens (including phenoxy) is 4. The van der Waals surface area contributed by atoms with Crippen molar-refractivity contribution >= 4 is 17.9 Å². The minimum Gasteiger partial charge on any atom is -0.477 e. The van der Waals surface area contributed by atoms with Gasteiger partial charge in [-0.25, -0.2) is 4.79 Å². The molecule has 2 unspecified atom stereocenters. The van der Waals surface area contributed by atoms with E-state index in [9.17, 15) is 19.5 Å². The molecule has 0 aromatic heterocycles. The van der Waals surface area contributed by atoms with Gasteiger partial charge in [0.1, 0.15) is 13.2 Å². The molecule has 0 fully saturated rings. The largest absolute Gasteiger partial charge is 0.477 e. The van der Waals surface area contributed by atoms with Gasteiger partial charge in [0.15, 0.2) is 6.10 Å². The van der Waals surface area contributed by atoms with Crippen molar-refractivity contribution in [1.29, 1.82) is 0 Å². The Labute approximate surface area is 454 Å². The molecule has 0 saturated heterocycles. The molecule has 0 saturated carbocycles. The van der Waals surface area contributed by atoms with Crippen LogP contribution in [0.5, 0.6) is 0 Å². The average molecular weight is 1040 g/mol. The van der Waals surface area contributed by atoms with E-state index in [-0.39, 0.29) is 38.6 Å². The molecule has 0 aliphatic rings. The quantitative estimate of drug-likeness (QED) is 0.0211. The number of allylic oxidation sites excluding steroid dienone is 16. The number of hydrogen-bond acceptors (Lipinski definition) is 7. The van der Waals surface area contributed by atoms with E-state index in [1.807, 2.05) is 21.1 Å². The third kappa shape index (κ3) is 55.9. The van der Waals surface area contributed by atoms with Crippen molar-refractivity contribution in [2.45, 2.75) is 251 Å². The summed E-state index contributed by atoms with van der Waals surface area (Å²) in [6, 6.07) is 0. The van der Waals surface area contributed by atoms with E-state index in [1.165, 1.54) is 103 Å². The number of carbonyl (C=O) groups excluding carboxylic acids is 2. The van der Waals surface area contributed by atoms with Gasteiger partial charge in [0.2, 0.25) is 0 Å². The van der Waals surface area contributed by atoms with Crippen LogP contribution < -0.4 is 0 Å². The standard InChI is InChI=1S/C65H111NO8/c1-6-8-10-12-14-16-18-19-20-21-22-23-24-25-26-27-28-29-30-31-32-33-34-35-36-37-38-39-40-41-42-43-44-45-46-48-50-52-54-56-63(68)74-61(60-73-65(64(69)70)71-58-57-66(3,4)5)59-72-62(67)55-53-51-49-47-17-15-13-11-9-7-2/h8,10-11,13-14,16,19-20,22-23,25-26,28-29,31-32,61,65H,6-7,9,12,15,17-18,21,24,27,30,33-60H2,1-5H3/p+1/b10-8-,13-11-,16-14-,20-19-,23-22-,26-25-,29-28-,32-31-. The fraction of sp³-hybridized carbons (Fsp3) is 0.708. The van der Waals surface area contributed by atoms with Crippen LogP contribution >= 0.6 is 0 Å². The van der Waals surface area contributed by atoms with Gasteiger partial charge in [0.25, 0.3) is 6.29 Å². The highest BCUT2D eigenvalue weighted by molar-refractivity contribution is 5.71. The molecule has 0 aliphatic carbocycles. The Kier molecular flexibility index (Phi) is 52.6. The molecule has 1 N–H and O–H groups in total. The Balaban J connectivity index is 3.99. The molecular weight excluding hydrogens is 923 g/mol. The van der Waals surface area contributed by atoms with Crippen molar-refractivity contribution in [2.24, 2.45) is 0 Å². The molecule has 74 heavy (non-hydrogen) atoms. The first-order valence-corrected chi connectivity index (χ1v) is 29.9. The lowest BCUT2D eigenvalue weighted by Gasteiger charge is -2.25. The third-order valence-electron chi connectivity index (χ3n) is 12.6. The van der Waals surface area contributed by atoms with Crippen LogP contribution in [0.25, 0.3) is 0 Å². The zero-order valence-electron chi connectivity index (χ0n) is 48.2. The first kappa shape index (κ1) is 70.2. The van der Waals surface area contributed by atoms with Crippen LogP contribution in [0.2, 0.25) is 0 Å². The number of quaternary nitrogens is 1. The molecule has 0 bridgehead atoms. The van der Waals surface area contributed by atoms with Gasteiger partial charge in [-0.2, -0.15) is 0 Å². The Hall–Kier alpha value is -3.79. The maximum atomic E-state index is 12.8. The first-order valence-electron chi connectivity index (χ1n) is 29.9. The maximum Gasteiger partial charge on any atom is 0.361 e. The molecule has 0 radical (unpaired) electrons. The fourth-order valence-electron chi connectivity index (χ4n) is 8.00. The number of rotatable bonds is 54. The lowest BCUT2D eigenvalue weighted by molar-refractivity contribution is -0.870. The Morgan fingerprint density at radius 3 is 1.16 bits per heavy atom. The van der Waals surface area contributed by atoms with Gasteiger partial charge in [-0.3, -0.25) is 9.59 Å². The summed E-state index contributed by atoms with van der Waals surface area (Å²) < 4.78 is 22.8. The molecular formula is C65H112NO8+. The highest BCUT2D eigenvalue weighted by atomic mass is 16.7. The highest BCUT2D eigenvalue weighted by Crippen LogP contribution is 2.16. The maximum absolute atomic E-state index is 12.8. The summed E-state index contributed by atoms with van der Waals surface area (Å²) in [5, 5.41) is 9.67. The van der Waals surface area contributed by atoms with Crippen molar-refractivity contribution < 1.29 is 42.9 Å². The molecule has 9 heteroatoms. The second-order valence-electron chi connectivity index (χ2n) is 20.9. The normalized spacial score (nSPS) is 13.5. The topological polar surface area (TPSA) is 108 Å². The molecule has 424 valence electrons. The van der Waals surface area contributed by atoms with Crippen LogP contribution in [-0.4, -0.2) is 87.4 Å². The Bertz CT molecular complexity index is 1530. The Morgan fingerprint density at radius 1 is 0.419 bits per heavy atom. The summed E-state index contributed by atoms with van der Waals surface area (Å²) in [6.45, 7) is 4.68. The second kappa shape index (κ2) is 55.4. The minimum atomic E-state index is -1.51. The van der Waals surface area contributed by atoms with Crippen LogP contribution in [0.15, 0.2) is 97.2 Å². The lowest BCUT2D eigenvalue weighted by atomic mass is 10.0. The Morgan fingerprint density at radius 2 is 0.770 bits per heavy atom. The minimum absolute atomic E-state index is 0.184. The molecule has 0 heterocycles. The van der Waals surface area contributed by atoms with Crippen LogP contribution in [-0.2, 0) is 33.3 Å². The number of carboxylic acids is 1. The monoisotopic (exact) mass is 1030 g/mol. The van der Waals surface area contributed by atoms with Gasteiger partial charge >= 0.3 is 17.9 Å². The van der Waals surface area contributed by atoms with Crippen LogP contribution in [0, 0.1) is 0 Å². The zero-order valence-corrected chi connectivity index (χ0v) is 48.2. The fourth-order valence-corrected chi connectivity index (χ4v) is 8.00. The second-order valence-corrected chi connectivity index (χ2v) is 20.9. The molecule has 2 atom stereocenters. The molecule has 0 aromatic carbocycles. The van der Waals surface area contributed by atoms with E-state index in [0.717, 1.165) is 109 Å². The van der Waals surface area contributed by atoms with Gasteiger partial charge in [-0.15, -0.1) is 0 Å². The summed E-state index contributed by atoms with van der Waals surface area (Å²) in [7, 11) is 5.96. The molecule has 9 nitrogen and oxygen atoms in total. The summed E-state index contributed by atoms with van der Waals surface area (Å²) in [4.78, 5) is 37.2. The van der Waals surface area contributed by atoms with Crippen molar-refractivity contribution in [3.63, 3.8) is 0 Å². The summed E-state index contributed by atoms with van der Waals surface area (Å²) in [5.41, 5.74) is 0. The van der Waals surface area contributed by atoms with Crippen molar-refractivity contribution in [2.75, 3.05) is 47.5 Å². The van der Waals surface area contributed by atoms with E-state index < -0.39 is 24.3 Å². The SMILES string of the molecule is CC/C=C\C/C=C\C/C=C\C/C=C\C/C=C\C/C=C\C/C=C\CCCCCCCCCCCCCCCCCCCC(=O)OC(COC(=O)CCCCCCC/C=C\CCC)COC(OCC[N+](C)(C)C)C(=O)O. The van der Waals surface area contributed by atoms with Gasteiger partial charge in [0.05, 0.1) is 34.4 Å². The van der Waals surface area contributed by atoms with E-state index in [2.05, 4.69) is 111 Å². The molecule has 0 aromatic rings. The number of hydrogen-bond donors (Lipinski definition) is 1. The smallest absolute Gasteiger partial charge is 0.361 e. The summed E-state index contributed by atoms with van der Waals surface area (Å²) in [5.74, 6) is -2.02. The lowest BCUT2D eigenvalue weighted by Crippen LogP contribution is -2.40. The number of carbonyl (C=O) groups is 3. The van der Waals surface area contributed by atoms with Gasteiger partial charge in [0, 0.05) is 12.8 Å². The van der Waals surface area contributed by atoms with Gasteiger partial charge in [-0.05, 0) is 89.9 Å². The molecule has 0 spiro atoms. The van der Waals surface area contributed by atoms with E-state index >= 15 is 0 Å². The van der Waals surface area contributed by atoms with Gasteiger partial charge in [-0.1, -0.05) is 233 Å². The number of aliphatic carboxylic acids is 1. The van der Waals surface area contributed by atoms with E-state index in [1.54, 1.807) is 0 Å². The molecule has 0 rings (SSSR count). The van der Waals surface area contributed by atoms with Crippen molar-refractivity contribution in [3.8, 4) is 0 Å². The zero-order chi connectivity index (χ0) is 54.1. The predicted molar refractivity (Wildman–Crippen MR) is 313 cm³/mol. The number of likely N-dealkylation sites (N-methyl/N-ethyl adjacent to an activating group) is 1. The highest BCUT2D eigenvalue weighted by Gasteiger charge is 2.25.